The third-order valence-corrected chi connectivity index (χ3v) is 5.53. The van der Waals surface area contributed by atoms with Gasteiger partial charge in [0.15, 0.2) is 0 Å². The highest BCUT2D eigenvalue weighted by atomic mass is 32.1. The zero-order valence-electron chi connectivity index (χ0n) is 14.7. The van der Waals surface area contributed by atoms with Crippen LogP contribution in [-0.2, 0) is 16.0 Å². The quantitative estimate of drug-likeness (QED) is 0.497. The van der Waals surface area contributed by atoms with Crippen molar-refractivity contribution in [1.29, 1.82) is 0 Å². The molecule has 1 saturated carbocycles. The van der Waals surface area contributed by atoms with Crippen LogP contribution in [0.3, 0.4) is 0 Å². The molecule has 3 aromatic rings. The summed E-state index contributed by atoms with van der Waals surface area (Å²) < 4.78 is 12.7. The standard InChI is InChI=1S/C20H19NO4S/c1-12-19(20(23)24-2)16-10-14(7-8-17(16)21(12)13-5-6-13)25-18(22)11-15-4-3-9-26-15/h3-4,7-10,13H,5-6,11H2,1-2H3. The Morgan fingerprint density at radius 2 is 2.08 bits per heavy atom. The summed E-state index contributed by atoms with van der Waals surface area (Å²) in [7, 11) is 1.38. The first-order valence-electron chi connectivity index (χ1n) is 8.54. The fraction of sp³-hybridized carbons (Fsp3) is 0.300. The van der Waals surface area contributed by atoms with Gasteiger partial charge in [-0.05, 0) is 49.4 Å². The molecule has 1 aliphatic rings. The van der Waals surface area contributed by atoms with Gasteiger partial charge in [0.05, 0.1) is 19.1 Å². The number of fused-ring (bicyclic) bond motifs is 1. The zero-order chi connectivity index (χ0) is 18.3. The summed E-state index contributed by atoms with van der Waals surface area (Å²) in [6.45, 7) is 1.94. The van der Waals surface area contributed by atoms with E-state index < -0.39 is 0 Å². The first-order valence-corrected chi connectivity index (χ1v) is 9.42. The van der Waals surface area contributed by atoms with Crippen LogP contribution in [0.5, 0.6) is 5.75 Å². The fourth-order valence-corrected chi connectivity index (χ4v) is 4.06. The Labute approximate surface area is 155 Å². The molecule has 4 rings (SSSR count). The Morgan fingerprint density at radius 1 is 1.27 bits per heavy atom. The minimum Gasteiger partial charge on any atom is -0.465 e. The van der Waals surface area contributed by atoms with E-state index in [1.54, 1.807) is 12.1 Å². The lowest BCUT2D eigenvalue weighted by Gasteiger charge is -2.07. The predicted molar refractivity (Wildman–Crippen MR) is 99.9 cm³/mol. The van der Waals surface area contributed by atoms with Crippen molar-refractivity contribution in [2.75, 3.05) is 7.11 Å². The zero-order valence-corrected chi connectivity index (χ0v) is 15.5. The largest absolute Gasteiger partial charge is 0.465 e. The molecule has 0 saturated heterocycles. The molecule has 134 valence electrons. The van der Waals surface area contributed by atoms with Gasteiger partial charge >= 0.3 is 11.9 Å². The number of esters is 2. The van der Waals surface area contributed by atoms with E-state index in [9.17, 15) is 9.59 Å². The van der Waals surface area contributed by atoms with Crippen molar-refractivity contribution in [3.8, 4) is 5.75 Å². The Bertz CT molecular complexity index is 983. The van der Waals surface area contributed by atoms with Crippen molar-refractivity contribution >= 4 is 34.2 Å². The number of ether oxygens (including phenoxy) is 2. The Morgan fingerprint density at radius 3 is 2.73 bits per heavy atom. The number of thiophene rings is 1. The minimum atomic E-state index is -0.367. The predicted octanol–water partition coefficient (Wildman–Crippen LogP) is 4.28. The maximum atomic E-state index is 12.3. The van der Waals surface area contributed by atoms with Crippen LogP contribution in [0, 0.1) is 6.92 Å². The first-order chi connectivity index (χ1) is 12.6. The van der Waals surface area contributed by atoms with E-state index in [1.165, 1.54) is 18.4 Å². The molecule has 0 aliphatic heterocycles. The van der Waals surface area contributed by atoms with E-state index in [2.05, 4.69) is 4.57 Å². The van der Waals surface area contributed by atoms with Gasteiger partial charge < -0.3 is 14.0 Å². The van der Waals surface area contributed by atoms with Crippen molar-refractivity contribution in [3.63, 3.8) is 0 Å². The maximum absolute atomic E-state index is 12.3. The molecule has 1 fully saturated rings. The third kappa shape index (κ3) is 3.01. The highest BCUT2D eigenvalue weighted by Crippen LogP contribution is 2.42. The third-order valence-electron chi connectivity index (χ3n) is 4.65. The second-order valence-corrected chi connectivity index (χ2v) is 7.49. The summed E-state index contributed by atoms with van der Waals surface area (Å²) in [5, 5.41) is 2.70. The molecule has 0 atom stereocenters. The molecule has 1 aliphatic carbocycles. The second kappa shape index (κ2) is 6.61. The molecular formula is C20H19NO4S. The monoisotopic (exact) mass is 369 g/mol. The molecule has 0 radical (unpaired) electrons. The highest BCUT2D eigenvalue weighted by molar-refractivity contribution is 7.10. The molecule has 0 amide bonds. The van der Waals surface area contributed by atoms with Crippen LogP contribution in [0.1, 0.15) is 39.8 Å². The summed E-state index contributed by atoms with van der Waals surface area (Å²) in [6, 6.07) is 9.71. The summed E-state index contributed by atoms with van der Waals surface area (Å²) >= 11 is 1.52. The minimum absolute atomic E-state index is 0.238. The van der Waals surface area contributed by atoms with Gasteiger partial charge in [-0.25, -0.2) is 4.79 Å². The van der Waals surface area contributed by atoms with Crippen LogP contribution in [-0.4, -0.2) is 23.6 Å². The van der Waals surface area contributed by atoms with Crippen molar-refractivity contribution in [3.05, 3.63) is 51.8 Å². The van der Waals surface area contributed by atoms with Crippen LogP contribution in [0.2, 0.25) is 0 Å². The molecule has 2 heterocycles. The van der Waals surface area contributed by atoms with Gasteiger partial charge in [-0.15, -0.1) is 11.3 Å². The Kier molecular flexibility index (Phi) is 4.28. The molecule has 26 heavy (non-hydrogen) atoms. The molecule has 0 N–H and O–H groups in total. The molecule has 5 nitrogen and oxygen atoms in total. The average molecular weight is 369 g/mol. The number of methoxy groups -OCH3 is 1. The van der Waals surface area contributed by atoms with Crippen LogP contribution in [0.4, 0.5) is 0 Å². The van der Waals surface area contributed by atoms with Crippen molar-refractivity contribution < 1.29 is 19.1 Å². The lowest BCUT2D eigenvalue weighted by Crippen LogP contribution is -2.10. The molecule has 0 unspecified atom stereocenters. The number of hydrogen-bond donors (Lipinski definition) is 0. The summed E-state index contributed by atoms with van der Waals surface area (Å²) in [5.41, 5.74) is 2.42. The number of carbonyl (C=O) groups excluding carboxylic acids is 2. The highest BCUT2D eigenvalue weighted by Gasteiger charge is 2.30. The van der Waals surface area contributed by atoms with Gasteiger partial charge in [-0.1, -0.05) is 6.07 Å². The number of carbonyl (C=O) groups is 2. The lowest BCUT2D eigenvalue weighted by molar-refractivity contribution is -0.133. The molecule has 6 heteroatoms. The maximum Gasteiger partial charge on any atom is 0.340 e. The Hall–Kier alpha value is -2.60. The number of aromatic nitrogens is 1. The van der Waals surface area contributed by atoms with Gasteiger partial charge in [0, 0.05) is 27.5 Å². The van der Waals surface area contributed by atoms with E-state index in [0.717, 1.165) is 34.3 Å². The fourth-order valence-electron chi connectivity index (χ4n) is 3.37. The van der Waals surface area contributed by atoms with E-state index in [4.69, 9.17) is 9.47 Å². The SMILES string of the molecule is COC(=O)c1c(C)n(C2CC2)c2ccc(OC(=O)Cc3cccs3)cc12. The van der Waals surface area contributed by atoms with Gasteiger partial charge in [0.1, 0.15) is 5.75 Å². The molecule has 2 aromatic heterocycles. The summed E-state index contributed by atoms with van der Waals surface area (Å²) in [5.74, 6) is -0.240. The normalized spacial score (nSPS) is 13.8. The van der Waals surface area contributed by atoms with Crippen LogP contribution in [0.15, 0.2) is 35.7 Å². The van der Waals surface area contributed by atoms with Crippen molar-refractivity contribution in [2.45, 2.75) is 32.2 Å². The van der Waals surface area contributed by atoms with Crippen LogP contribution in [0.25, 0.3) is 10.9 Å². The van der Waals surface area contributed by atoms with E-state index in [0.29, 0.717) is 17.4 Å². The van der Waals surface area contributed by atoms with Gasteiger partial charge in [0.25, 0.3) is 0 Å². The molecule has 0 bridgehead atoms. The van der Waals surface area contributed by atoms with Crippen molar-refractivity contribution in [2.24, 2.45) is 0 Å². The molecule has 0 spiro atoms. The van der Waals surface area contributed by atoms with Crippen LogP contribution >= 0.6 is 11.3 Å². The lowest BCUT2D eigenvalue weighted by atomic mass is 10.1. The van der Waals surface area contributed by atoms with Crippen LogP contribution < -0.4 is 4.74 Å². The number of hydrogen-bond acceptors (Lipinski definition) is 5. The van der Waals surface area contributed by atoms with Gasteiger partial charge in [-0.2, -0.15) is 0 Å². The number of benzene rings is 1. The van der Waals surface area contributed by atoms with Crippen molar-refractivity contribution in [1.82, 2.24) is 4.57 Å². The van der Waals surface area contributed by atoms with Gasteiger partial charge in [-0.3, -0.25) is 4.79 Å². The second-order valence-electron chi connectivity index (χ2n) is 6.46. The van der Waals surface area contributed by atoms with E-state index in [-0.39, 0.29) is 18.4 Å². The Balaban J connectivity index is 1.69. The first kappa shape index (κ1) is 16.8. The average Bonchev–Trinajstić information content (AvgIpc) is 3.24. The molecule has 1 aromatic carbocycles. The summed E-state index contributed by atoms with van der Waals surface area (Å²) in [4.78, 5) is 25.4. The topological polar surface area (TPSA) is 57.5 Å². The number of nitrogens with zero attached hydrogens (tertiary/aromatic N) is 1. The van der Waals surface area contributed by atoms with E-state index in [1.807, 2.05) is 30.5 Å². The smallest absolute Gasteiger partial charge is 0.340 e. The van der Waals surface area contributed by atoms with Gasteiger partial charge in [0.2, 0.25) is 0 Å². The number of rotatable bonds is 5. The summed E-state index contributed by atoms with van der Waals surface area (Å²) in [6.07, 6.45) is 2.47. The van der Waals surface area contributed by atoms with E-state index >= 15 is 0 Å². The molecular weight excluding hydrogens is 350 g/mol.